The molecule has 9 nitrogen and oxygen atoms in total. The van der Waals surface area contributed by atoms with Gasteiger partial charge >= 0.3 is 11.9 Å². The van der Waals surface area contributed by atoms with E-state index in [0.717, 1.165) is 0 Å². The molecule has 4 heterocycles. The first-order valence-corrected chi connectivity index (χ1v) is 8.80. The number of hydrogen-bond donors (Lipinski definition) is 1. The Labute approximate surface area is 167 Å². The fraction of sp³-hybridized carbons (Fsp3) is 0.278. The van der Waals surface area contributed by atoms with E-state index >= 15 is 0 Å². The molecule has 3 aromatic rings. The lowest BCUT2D eigenvalue weighted by atomic mass is 9.85. The van der Waals surface area contributed by atoms with Gasteiger partial charge in [-0.1, -0.05) is 6.07 Å². The van der Waals surface area contributed by atoms with Gasteiger partial charge in [0, 0.05) is 30.1 Å². The van der Waals surface area contributed by atoms with Crippen LogP contribution in [0.15, 0.2) is 43.0 Å². The molecule has 4 rings (SSSR count). The lowest BCUT2D eigenvalue weighted by molar-refractivity contribution is -0.383. The molecule has 1 atom stereocenters. The molecule has 0 spiro atoms. The van der Waals surface area contributed by atoms with Crippen molar-refractivity contribution in [3.8, 4) is 16.9 Å². The standard InChI is InChI=1S/C18H15F3N6O3/c19-18(20,21)15(12-8-30-9-12)10-1-2-14(24-5-10)26-7-11(6-25-26)13-3-4-23-17(22)16(13)27(28)29/h1-7,12,15H,8-9H2,(H2,22,23). The maximum Gasteiger partial charge on any atom is 0.396 e. The fourth-order valence-corrected chi connectivity index (χ4v) is 3.37. The molecule has 1 saturated heterocycles. The number of halogens is 3. The van der Waals surface area contributed by atoms with E-state index < -0.39 is 22.9 Å². The average Bonchev–Trinajstić information content (AvgIpc) is 3.13. The van der Waals surface area contributed by atoms with Gasteiger partial charge in [0.2, 0.25) is 5.82 Å². The number of nitrogens with two attached hydrogens (primary N) is 1. The molecule has 3 aromatic heterocycles. The quantitative estimate of drug-likeness (QED) is 0.497. The molecule has 156 valence electrons. The van der Waals surface area contributed by atoms with Crippen LogP contribution in [0.3, 0.4) is 0 Å². The summed E-state index contributed by atoms with van der Waals surface area (Å²) in [6.07, 6.45) is 0.951. The van der Waals surface area contributed by atoms with Crippen LogP contribution in [0.4, 0.5) is 24.7 Å². The zero-order valence-corrected chi connectivity index (χ0v) is 15.3. The van der Waals surface area contributed by atoms with Crippen molar-refractivity contribution in [2.24, 2.45) is 5.92 Å². The van der Waals surface area contributed by atoms with Gasteiger partial charge in [-0.2, -0.15) is 18.3 Å². The Morgan fingerprint density at radius 3 is 2.57 bits per heavy atom. The maximum absolute atomic E-state index is 13.5. The maximum atomic E-state index is 13.5. The van der Waals surface area contributed by atoms with E-state index in [1.165, 1.54) is 47.7 Å². The molecule has 30 heavy (non-hydrogen) atoms. The summed E-state index contributed by atoms with van der Waals surface area (Å²) in [6.45, 7) is 0.116. The zero-order chi connectivity index (χ0) is 21.5. The molecule has 12 heteroatoms. The molecular formula is C18H15F3N6O3. The van der Waals surface area contributed by atoms with Gasteiger partial charge in [-0.3, -0.25) is 10.1 Å². The monoisotopic (exact) mass is 420 g/mol. The van der Waals surface area contributed by atoms with Gasteiger partial charge in [-0.25, -0.2) is 14.6 Å². The second kappa shape index (κ2) is 7.37. The fourth-order valence-electron chi connectivity index (χ4n) is 3.37. The van der Waals surface area contributed by atoms with Crippen LogP contribution in [0.2, 0.25) is 0 Å². The number of nitrogen functional groups attached to an aromatic ring is 1. The number of rotatable bonds is 5. The molecule has 1 aliphatic rings. The van der Waals surface area contributed by atoms with E-state index in [1.807, 2.05) is 0 Å². The van der Waals surface area contributed by atoms with Crippen LogP contribution in [-0.4, -0.2) is 44.1 Å². The third kappa shape index (κ3) is 3.56. The van der Waals surface area contributed by atoms with Gasteiger partial charge in [-0.15, -0.1) is 0 Å². The van der Waals surface area contributed by atoms with Crippen molar-refractivity contribution in [3.05, 3.63) is 58.7 Å². The van der Waals surface area contributed by atoms with E-state index in [1.54, 1.807) is 0 Å². The Balaban J connectivity index is 1.64. The number of anilines is 1. The number of ether oxygens (including phenoxy) is 1. The van der Waals surface area contributed by atoms with Crippen molar-refractivity contribution < 1.29 is 22.8 Å². The third-order valence-electron chi connectivity index (χ3n) is 4.88. The number of aromatic nitrogens is 4. The highest BCUT2D eigenvalue weighted by Gasteiger charge is 2.48. The van der Waals surface area contributed by atoms with Crippen molar-refractivity contribution in [2.45, 2.75) is 12.1 Å². The number of hydrogen-bond acceptors (Lipinski definition) is 7. The van der Waals surface area contributed by atoms with E-state index in [-0.39, 0.29) is 41.7 Å². The summed E-state index contributed by atoms with van der Waals surface area (Å²) in [6, 6.07) is 4.20. The smallest absolute Gasteiger partial charge is 0.381 e. The van der Waals surface area contributed by atoms with Gasteiger partial charge in [0.25, 0.3) is 0 Å². The average molecular weight is 420 g/mol. The topological polar surface area (TPSA) is 122 Å². The second-order valence-electron chi connectivity index (χ2n) is 6.79. The van der Waals surface area contributed by atoms with E-state index in [9.17, 15) is 23.3 Å². The van der Waals surface area contributed by atoms with Gasteiger partial charge in [0.05, 0.1) is 35.8 Å². The van der Waals surface area contributed by atoms with Crippen LogP contribution in [0.25, 0.3) is 16.9 Å². The van der Waals surface area contributed by atoms with Crippen LogP contribution in [0.1, 0.15) is 11.5 Å². The molecule has 1 fully saturated rings. The summed E-state index contributed by atoms with van der Waals surface area (Å²) in [4.78, 5) is 18.5. The van der Waals surface area contributed by atoms with Crippen LogP contribution >= 0.6 is 0 Å². The highest BCUT2D eigenvalue weighted by atomic mass is 19.4. The first-order chi connectivity index (χ1) is 14.3. The SMILES string of the molecule is Nc1nccc(-c2cnn(-c3ccc(C(C4COC4)C(F)(F)F)cn3)c2)c1[N+](=O)[O-]. The molecule has 2 N–H and O–H groups in total. The Morgan fingerprint density at radius 1 is 1.23 bits per heavy atom. The van der Waals surface area contributed by atoms with Crippen molar-refractivity contribution in [3.63, 3.8) is 0 Å². The van der Waals surface area contributed by atoms with E-state index in [2.05, 4.69) is 15.1 Å². The van der Waals surface area contributed by atoms with Crippen LogP contribution < -0.4 is 5.73 Å². The highest BCUT2D eigenvalue weighted by Crippen LogP contribution is 2.43. The summed E-state index contributed by atoms with van der Waals surface area (Å²) >= 11 is 0. The zero-order valence-electron chi connectivity index (χ0n) is 15.3. The largest absolute Gasteiger partial charge is 0.396 e. The van der Waals surface area contributed by atoms with Crippen LogP contribution in [-0.2, 0) is 4.74 Å². The van der Waals surface area contributed by atoms with Crippen molar-refractivity contribution >= 4 is 11.5 Å². The minimum absolute atomic E-state index is 0.0458. The number of nitro groups is 1. The molecule has 0 radical (unpaired) electrons. The molecular weight excluding hydrogens is 405 g/mol. The summed E-state index contributed by atoms with van der Waals surface area (Å²) in [5.41, 5.74) is 5.91. The lowest BCUT2D eigenvalue weighted by Crippen LogP contribution is -2.40. The molecule has 0 aromatic carbocycles. The number of pyridine rings is 2. The van der Waals surface area contributed by atoms with Crippen LogP contribution in [0.5, 0.6) is 0 Å². The van der Waals surface area contributed by atoms with Gasteiger partial charge in [0.15, 0.2) is 5.82 Å². The predicted molar refractivity (Wildman–Crippen MR) is 98.8 cm³/mol. The van der Waals surface area contributed by atoms with Gasteiger partial charge < -0.3 is 10.5 Å². The number of alkyl halides is 3. The Morgan fingerprint density at radius 2 is 2.00 bits per heavy atom. The first-order valence-electron chi connectivity index (χ1n) is 8.80. The lowest BCUT2D eigenvalue weighted by Gasteiger charge is -2.35. The first kappa shape index (κ1) is 19.8. The Bertz CT molecular complexity index is 1080. The number of nitrogens with zero attached hydrogens (tertiary/aromatic N) is 5. The summed E-state index contributed by atoms with van der Waals surface area (Å²) < 4.78 is 46.6. The van der Waals surface area contributed by atoms with E-state index in [4.69, 9.17) is 10.5 Å². The minimum Gasteiger partial charge on any atom is -0.381 e. The second-order valence-corrected chi connectivity index (χ2v) is 6.79. The van der Waals surface area contributed by atoms with Crippen molar-refractivity contribution in [2.75, 3.05) is 18.9 Å². The third-order valence-corrected chi connectivity index (χ3v) is 4.88. The van der Waals surface area contributed by atoms with Crippen molar-refractivity contribution in [1.29, 1.82) is 0 Å². The normalized spacial score (nSPS) is 15.6. The Hall–Kier alpha value is -3.54. The molecule has 0 bridgehead atoms. The van der Waals surface area contributed by atoms with Crippen molar-refractivity contribution in [1.82, 2.24) is 19.7 Å². The Kier molecular flexibility index (Phi) is 4.86. The highest BCUT2D eigenvalue weighted by molar-refractivity contribution is 5.78. The van der Waals surface area contributed by atoms with Gasteiger partial charge in [0.1, 0.15) is 0 Å². The molecule has 1 aliphatic heterocycles. The summed E-state index contributed by atoms with van der Waals surface area (Å²) in [5.74, 6) is -2.25. The van der Waals surface area contributed by atoms with Crippen LogP contribution in [0, 0.1) is 16.0 Å². The molecule has 0 aliphatic carbocycles. The molecule has 0 saturated carbocycles. The summed E-state index contributed by atoms with van der Waals surface area (Å²) in [7, 11) is 0. The predicted octanol–water partition coefficient (Wildman–Crippen LogP) is 3.11. The van der Waals surface area contributed by atoms with Gasteiger partial charge in [-0.05, 0) is 17.7 Å². The summed E-state index contributed by atoms with van der Waals surface area (Å²) in [5, 5.41) is 15.4. The molecule has 1 unspecified atom stereocenters. The van der Waals surface area contributed by atoms with E-state index in [0.29, 0.717) is 5.56 Å². The minimum atomic E-state index is -4.41. The molecule has 0 amide bonds.